The molecule has 114 valence electrons. The maximum absolute atomic E-state index is 4.70. The highest BCUT2D eigenvalue weighted by Crippen LogP contribution is 2.26. The zero-order chi connectivity index (χ0) is 15.6. The number of aryl methyl sites for hydroxylation is 1. The van der Waals surface area contributed by atoms with Crippen LogP contribution in [0.4, 0.5) is 11.6 Å². The van der Waals surface area contributed by atoms with Gasteiger partial charge in [0.1, 0.15) is 17.5 Å². The fourth-order valence-corrected chi connectivity index (χ4v) is 2.66. The van der Waals surface area contributed by atoms with Gasteiger partial charge in [-0.1, -0.05) is 20.8 Å². The lowest BCUT2D eigenvalue weighted by Gasteiger charge is -2.20. The standard InChI is InChI=1S/C15H23N5S/c1-9-12(16-6)19-14(15(3,4)5)20-13(9)18-8-11-7-17-10(2)21-11/h7H,8H2,1-6H3,(H2,16,18,19,20). The Hall–Kier alpha value is -1.69. The van der Waals surface area contributed by atoms with E-state index in [4.69, 9.17) is 4.98 Å². The predicted octanol–water partition coefficient (Wildman–Crippen LogP) is 3.50. The Bertz CT molecular complexity index is 627. The second-order valence-corrected chi connectivity index (χ2v) is 7.39. The van der Waals surface area contributed by atoms with E-state index in [1.165, 1.54) is 4.88 Å². The van der Waals surface area contributed by atoms with Gasteiger partial charge in [-0.25, -0.2) is 15.0 Å². The van der Waals surface area contributed by atoms with Crippen LogP contribution in [0.25, 0.3) is 0 Å². The molecule has 2 heterocycles. The van der Waals surface area contributed by atoms with E-state index in [9.17, 15) is 0 Å². The van der Waals surface area contributed by atoms with Gasteiger partial charge in [0.05, 0.1) is 11.6 Å². The minimum atomic E-state index is -0.0865. The van der Waals surface area contributed by atoms with Gasteiger partial charge in [-0.3, -0.25) is 0 Å². The third kappa shape index (κ3) is 3.69. The summed E-state index contributed by atoms with van der Waals surface area (Å²) in [6.45, 7) is 11.1. The van der Waals surface area contributed by atoms with Gasteiger partial charge < -0.3 is 10.6 Å². The summed E-state index contributed by atoms with van der Waals surface area (Å²) in [5.74, 6) is 2.59. The first-order chi connectivity index (χ1) is 9.81. The van der Waals surface area contributed by atoms with Crippen LogP contribution in [0.15, 0.2) is 6.20 Å². The molecule has 0 aliphatic rings. The number of rotatable bonds is 4. The van der Waals surface area contributed by atoms with Crippen molar-refractivity contribution in [3.05, 3.63) is 27.5 Å². The molecule has 0 bridgehead atoms. The van der Waals surface area contributed by atoms with Crippen LogP contribution in [0, 0.1) is 13.8 Å². The van der Waals surface area contributed by atoms with E-state index >= 15 is 0 Å². The number of thiazole rings is 1. The number of hydrogen-bond donors (Lipinski definition) is 2. The second-order valence-electron chi connectivity index (χ2n) is 6.07. The molecule has 0 unspecified atom stereocenters. The molecule has 0 saturated heterocycles. The van der Waals surface area contributed by atoms with Crippen molar-refractivity contribution in [1.82, 2.24) is 15.0 Å². The largest absolute Gasteiger partial charge is 0.373 e. The van der Waals surface area contributed by atoms with E-state index in [1.807, 2.05) is 27.1 Å². The molecule has 0 atom stereocenters. The molecular weight excluding hydrogens is 282 g/mol. The van der Waals surface area contributed by atoms with E-state index in [1.54, 1.807) is 11.3 Å². The van der Waals surface area contributed by atoms with Crippen molar-refractivity contribution >= 4 is 23.0 Å². The van der Waals surface area contributed by atoms with Crippen LogP contribution in [0.2, 0.25) is 0 Å². The van der Waals surface area contributed by atoms with Gasteiger partial charge >= 0.3 is 0 Å². The van der Waals surface area contributed by atoms with E-state index < -0.39 is 0 Å². The lowest BCUT2D eigenvalue weighted by atomic mass is 9.95. The minimum absolute atomic E-state index is 0.0865. The lowest BCUT2D eigenvalue weighted by Crippen LogP contribution is -2.19. The highest BCUT2D eigenvalue weighted by atomic mass is 32.1. The molecular formula is C15H23N5S. The Labute approximate surface area is 130 Å². The molecule has 2 rings (SSSR count). The van der Waals surface area contributed by atoms with E-state index in [-0.39, 0.29) is 5.41 Å². The number of nitrogens with zero attached hydrogens (tertiary/aromatic N) is 3. The van der Waals surface area contributed by atoms with Gasteiger partial charge in [-0.05, 0) is 13.8 Å². The summed E-state index contributed by atoms with van der Waals surface area (Å²) in [5, 5.41) is 7.64. The third-order valence-electron chi connectivity index (χ3n) is 3.15. The van der Waals surface area contributed by atoms with Crippen LogP contribution in [-0.4, -0.2) is 22.0 Å². The highest BCUT2D eigenvalue weighted by molar-refractivity contribution is 7.11. The average Bonchev–Trinajstić information content (AvgIpc) is 2.82. The molecule has 6 heteroatoms. The van der Waals surface area contributed by atoms with E-state index in [0.29, 0.717) is 0 Å². The first kappa shape index (κ1) is 15.7. The smallest absolute Gasteiger partial charge is 0.138 e. The minimum Gasteiger partial charge on any atom is -0.373 e. The molecule has 5 nitrogen and oxygen atoms in total. The molecule has 2 aromatic heterocycles. The topological polar surface area (TPSA) is 62.7 Å². The van der Waals surface area contributed by atoms with E-state index in [2.05, 4.69) is 41.4 Å². The summed E-state index contributed by atoms with van der Waals surface area (Å²) in [6.07, 6.45) is 1.91. The Morgan fingerprint density at radius 2 is 1.81 bits per heavy atom. The summed E-state index contributed by atoms with van der Waals surface area (Å²) in [6, 6.07) is 0. The number of anilines is 2. The Balaban J connectivity index is 2.28. The van der Waals surface area contributed by atoms with Crippen molar-refractivity contribution in [2.75, 3.05) is 17.7 Å². The fraction of sp³-hybridized carbons (Fsp3) is 0.533. The zero-order valence-electron chi connectivity index (χ0n) is 13.5. The Kier molecular flexibility index (Phi) is 4.46. The predicted molar refractivity (Wildman–Crippen MR) is 89.2 cm³/mol. The molecule has 0 aromatic carbocycles. The van der Waals surface area contributed by atoms with Crippen molar-refractivity contribution in [2.45, 2.75) is 46.6 Å². The molecule has 0 saturated carbocycles. The quantitative estimate of drug-likeness (QED) is 0.905. The summed E-state index contributed by atoms with van der Waals surface area (Å²) < 4.78 is 0. The normalized spacial score (nSPS) is 11.5. The molecule has 0 spiro atoms. The summed E-state index contributed by atoms with van der Waals surface area (Å²) in [5.41, 5.74) is 0.948. The van der Waals surface area contributed by atoms with E-state index in [0.717, 1.165) is 34.6 Å². The summed E-state index contributed by atoms with van der Waals surface area (Å²) in [7, 11) is 1.89. The number of aromatic nitrogens is 3. The van der Waals surface area contributed by atoms with Crippen molar-refractivity contribution in [2.24, 2.45) is 0 Å². The SMILES string of the molecule is CNc1nc(C(C)(C)C)nc(NCc2cnc(C)s2)c1C. The average molecular weight is 305 g/mol. The fourth-order valence-electron chi connectivity index (χ4n) is 1.93. The zero-order valence-corrected chi connectivity index (χ0v) is 14.4. The molecule has 21 heavy (non-hydrogen) atoms. The lowest BCUT2D eigenvalue weighted by molar-refractivity contribution is 0.546. The molecule has 0 aliphatic heterocycles. The van der Waals surface area contributed by atoms with Gasteiger partial charge in [0.2, 0.25) is 0 Å². The first-order valence-corrected chi connectivity index (χ1v) is 7.85. The third-order valence-corrected chi connectivity index (χ3v) is 4.07. The van der Waals surface area contributed by atoms with Crippen LogP contribution in [-0.2, 0) is 12.0 Å². The molecule has 2 aromatic rings. The number of nitrogens with one attached hydrogen (secondary N) is 2. The van der Waals surface area contributed by atoms with Crippen LogP contribution in [0.5, 0.6) is 0 Å². The van der Waals surface area contributed by atoms with Crippen molar-refractivity contribution in [3.8, 4) is 0 Å². The molecule has 0 amide bonds. The summed E-state index contributed by atoms with van der Waals surface area (Å²) in [4.78, 5) is 14.8. The molecule has 0 aliphatic carbocycles. The molecule has 0 radical (unpaired) electrons. The Morgan fingerprint density at radius 3 is 2.33 bits per heavy atom. The van der Waals surface area contributed by atoms with Crippen LogP contribution >= 0.6 is 11.3 Å². The molecule has 2 N–H and O–H groups in total. The van der Waals surface area contributed by atoms with Crippen LogP contribution in [0.3, 0.4) is 0 Å². The highest BCUT2D eigenvalue weighted by Gasteiger charge is 2.20. The van der Waals surface area contributed by atoms with Gasteiger partial charge in [0.15, 0.2) is 0 Å². The van der Waals surface area contributed by atoms with Gasteiger partial charge in [-0.15, -0.1) is 11.3 Å². The van der Waals surface area contributed by atoms with Crippen molar-refractivity contribution in [1.29, 1.82) is 0 Å². The summed E-state index contributed by atoms with van der Waals surface area (Å²) >= 11 is 1.70. The second kappa shape index (κ2) is 5.97. The van der Waals surface area contributed by atoms with Gasteiger partial charge in [0, 0.05) is 29.1 Å². The number of hydrogen-bond acceptors (Lipinski definition) is 6. The Morgan fingerprint density at radius 1 is 1.14 bits per heavy atom. The maximum Gasteiger partial charge on any atom is 0.138 e. The maximum atomic E-state index is 4.70. The van der Waals surface area contributed by atoms with Crippen molar-refractivity contribution in [3.63, 3.8) is 0 Å². The van der Waals surface area contributed by atoms with Crippen LogP contribution < -0.4 is 10.6 Å². The first-order valence-electron chi connectivity index (χ1n) is 7.03. The van der Waals surface area contributed by atoms with Gasteiger partial charge in [-0.2, -0.15) is 0 Å². The monoisotopic (exact) mass is 305 g/mol. The molecule has 0 fully saturated rings. The van der Waals surface area contributed by atoms with Gasteiger partial charge in [0.25, 0.3) is 0 Å². The van der Waals surface area contributed by atoms with Crippen LogP contribution in [0.1, 0.15) is 42.0 Å². The van der Waals surface area contributed by atoms with Crippen molar-refractivity contribution < 1.29 is 0 Å².